The van der Waals surface area contributed by atoms with Crippen molar-refractivity contribution in [1.29, 1.82) is 0 Å². The molecule has 0 unspecified atom stereocenters. The number of hydrogen-bond donors (Lipinski definition) is 2. The van der Waals surface area contributed by atoms with Crippen molar-refractivity contribution >= 4 is 58.2 Å². The molecule has 0 fully saturated rings. The second-order valence-electron chi connectivity index (χ2n) is 6.34. The van der Waals surface area contributed by atoms with Crippen LogP contribution in [0.4, 0.5) is 15.8 Å². The van der Waals surface area contributed by atoms with E-state index in [2.05, 4.69) is 20.8 Å². The van der Waals surface area contributed by atoms with E-state index in [0.29, 0.717) is 33.3 Å². The molecule has 11 heteroatoms. The molecule has 1 aromatic heterocycles. The van der Waals surface area contributed by atoms with E-state index in [1.165, 1.54) is 23.9 Å². The van der Waals surface area contributed by atoms with E-state index < -0.39 is 11.7 Å². The third-order valence-corrected chi connectivity index (χ3v) is 5.46. The number of hydrogen-bond acceptors (Lipinski definition) is 5. The lowest BCUT2D eigenvalue weighted by atomic mass is 10.3. The predicted octanol–water partition coefficient (Wildman–Crippen LogP) is 4.66. The Hall–Kier alpha value is -2.62. The molecular formula is C20H18Cl2FN5O2S. The summed E-state index contributed by atoms with van der Waals surface area (Å²) in [6.45, 7) is 2.38. The Morgan fingerprint density at radius 3 is 2.45 bits per heavy atom. The summed E-state index contributed by atoms with van der Waals surface area (Å²) in [4.78, 5) is 24.5. The molecule has 2 N–H and O–H groups in total. The average Bonchev–Trinajstić information content (AvgIpc) is 3.08. The number of aromatic nitrogens is 3. The summed E-state index contributed by atoms with van der Waals surface area (Å²) in [6.07, 6.45) is -0.0804. The highest BCUT2D eigenvalue weighted by Gasteiger charge is 2.17. The first-order valence-corrected chi connectivity index (χ1v) is 10.9. The van der Waals surface area contributed by atoms with E-state index in [1.54, 1.807) is 34.9 Å². The zero-order valence-electron chi connectivity index (χ0n) is 16.4. The molecule has 7 nitrogen and oxygen atoms in total. The number of anilines is 2. The Morgan fingerprint density at radius 1 is 1.06 bits per heavy atom. The molecule has 0 aliphatic rings. The van der Waals surface area contributed by atoms with Crippen LogP contribution in [0.25, 0.3) is 0 Å². The SMILES string of the molecule is CCn1c(CC(=O)Nc2ccccc2F)nnc1SCC(=O)Nc1cc(Cl)cc(Cl)c1. The smallest absolute Gasteiger partial charge is 0.234 e. The molecule has 0 aliphatic carbocycles. The van der Waals surface area contributed by atoms with Crippen molar-refractivity contribution in [2.24, 2.45) is 0 Å². The van der Waals surface area contributed by atoms with Crippen LogP contribution in [0.5, 0.6) is 0 Å². The van der Waals surface area contributed by atoms with Crippen LogP contribution in [0.2, 0.25) is 10.0 Å². The Kier molecular flexibility index (Phi) is 7.89. The lowest BCUT2D eigenvalue weighted by molar-refractivity contribution is -0.116. The van der Waals surface area contributed by atoms with E-state index >= 15 is 0 Å². The van der Waals surface area contributed by atoms with Crippen LogP contribution >= 0.6 is 35.0 Å². The van der Waals surface area contributed by atoms with Crippen LogP contribution in [0.1, 0.15) is 12.7 Å². The van der Waals surface area contributed by atoms with Crippen molar-refractivity contribution < 1.29 is 14.0 Å². The summed E-state index contributed by atoms with van der Waals surface area (Å²) >= 11 is 13.0. The Morgan fingerprint density at radius 2 is 1.77 bits per heavy atom. The van der Waals surface area contributed by atoms with Crippen molar-refractivity contribution in [3.05, 3.63) is 64.2 Å². The predicted molar refractivity (Wildman–Crippen MR) is 120 cm³/mol. The zero-order valence-corrected chi connectivity index (χ0v) is 18.7. The summed E-state index contributed by atoms with van der Waals surface area (Å²) in [5.74, 6) is -0.715. The lowest BCUT2D eigenvalue weighted by Gasteiger charge is -2.09. The van der Waals surface area contributed by atoms with Crippen molar-refractivity contribution in [3.63, 3.8) is 0 Å². The quantitative estimate of drug-likeness (QED) is 0.456. The number of thioether (sulfide) groups is 1. The van der Waals surface area contributed by atoms with Gasteiger partial charge in [-0.2, -0.15) is 0 Å². The maximum absolute atomic E-state index is 13.7. The molecule has 0 saturated heterocycles. The van der Waals surface area contributed by atoms with Crippen LogP contribution in [-0.4, -0.2) is 32.3 Å². The maximum Gasteiger partial charge on any atom is 0.234 e. The summed E-state index contributed by atoms with van der Waals surface area (Å²) in [7, 11) is 0. The first-order chi connectivity index (χ1) is 14.9. The number of benzene rings is 2. The average molecular weight is 482 g/mol. The Labute approximate surface area is 192 Å². The van der Waals surface area contributed by atoms with Gasteiger partial charge in [-0.15, -0.1) is 10.2 Å². The van der Waals surface area contributed by atoms with Gasteiger partial charge in [0.05, 0.1) is 17.9 Å². The monoisotopic (exact) mass is 481 g/mol. The molecule has 0 spiro atoms. The van der Waals surface area contributed by atoms with E-state index in [-0.39, 0.29) is 23.8 Å². The molecule has 2 amide bonds. The van der Waals surface area contributed by atoms with Gasteiger partial charge in [0.15, 0.2) is 5.16 Å². The lowest BCUT2D eigenvalue weighted by Crippen LogP contribution is -2.18. The van der Waals surface area contributed by atoms with Crippen molar-refractivity contribution in [3.8, 4) is 0 Å². The van der Waals surface area contributed by atoms with Gasteiger partial charge >= 0.3 is 0 Å². The molecular weight excluding hydrogens is 464 g/mol. The van der Waals surface area contributed by atoms with Crippen LogP contribution in [0, 0.1) is 5.82 Å². The fourth-order valence-corrected chi connectivity index (χ4v) is 4.08. The number of nitrogens with zero attached hydrogens (tertiary/aromatic N) is 3. The molecule has 3 aromatic rings. The minimum Gasteiger partial charge on any atom is -0.325 e. The largest absolute Gasteiger partial charge is 0.325 e. The second kappa shape index (κ2) is 10.6. The number of halogens is 3. The normalized spacial score (nSPS) is 10.7. The van der Waals surface area contributed by atoms with Crippen molar-refractivity contribution in [2.75, 3.05) is 16.4 Å². The van der Waals surface area contributed by atoms with Crippen LogP contribution in [-0.2, 0) is 22.6 Å². The van der Waals surface area contributed by atoms with Gasteiger partial charge in [0.2, 0.25) is 11.8 Å². The zero-order chi connectivity index (χ0) is 22.4. The van der Waals surface area contributed by atoms with E-state index in [9.17, 15) is 14.0 Å². The van der Waals surface area contributed by atoms with Gasteiger partial charge < -0.3 is 15.2 Å². The van der Waals surface area contributed by atoms with Gasteiger partial charge in [-0.3, -0.25) is 9.59 Å². The minimum absolute atomic E-state index is 0.0731. The van der Waals surface area contributed by atoms with E-state index in [0.717, 1.165) is 0 Å². The molecule has 3 rings (SSSR count). The Balaban J connectivity index is 1.59. The third kappa shape index (κ3) is 6.43. The van der Waals surface area contributed by atoms with Gasteiger partial charge in [0.1, 0.15) is 11.6 Å². The number of carbonyl (C=O) groups excluding carboxylic acids is 2. The summed E-state index contributed by atoms with van der Waals surface area (Å²) in [5.41, 5.74) is 0.591. The Bertz CT molecular complexity index is 1090. The summed E-state index contributed by atoms with van der Waals surface area (Å²) < 4.78 is 15.4. The molecule has 2 aromatic carbocycles. The number of amides is 2. The molecule has 162 valence electrons. The fraction of sp³-hybridized carbons (Fsp3) is 0.200. The van der Waals surface area contributed by atoms with Gasteiger partial charge in [-0.05, 0) is 37.3 Å². The van der Waals surface area contributed by atoms with E-state index in [4.69, 9.17) is 23.2 Å². The number of nitrogens with one attached hydrogen (secondary N) is 2. The van der Waals surface area contributed by atoms with Crippen molar-refractivity contribution in [1.82, 2.24) is 14.8 Å². The first-order valence-electron chi connectivity index (χ1n) is 9.21. The number of rotatable bonds is 8. The highest BCUT2D eigenvalue weighted by atomic mass is 35.5. The molecule has 0 bridgehead atoms. The standard InChI is InChI=1S/C20H18Cl2FN5O2S/c1-2-28-17(10-18(29)25-16-6-4-3-5-15(16)23)26-27-20(28)31-11-19(30)24-14-8-12(21)7-13(22)9-14/h3-9H,2,10-11H2,1H3,(H,24,30)(H,25,29). The number of carbonyl (C=O) groups is 2. The molecule has 0 saturated carbocycles. The maximum atomic E-state index is 13.7. The topological polar surface area (TPSA) is 88.9 Å². The van der Waals surface area contributed by atoms with E-state index in [1.807, 2.05) is 6.92 Å². The van der Waals surface area contributed by atoms with Crippen LogP contribution < -0.4 is 10.6 Å². The highest BCUT2D eigenvalue weighted by Crippen LogP contribution is 2.23. The van der Waals surface area contributed by atoms with Crippen LogP contribution in [0.15, 0.2) is 47.6 Å². The fourth-order valence-electron chi connectivity index (χ4n) is 2.73. The van der Waals surface area contributed by atoms with Crippen molar-refractivity contribution in [2.45, 2.75) is 25.0 Å². The van der Waals surface area contributed by atoms with Gasteiger partial charge in [-0.1, -0.05) is 47.1 Å². The van der Waals surface area contributed by atoms with Gasteiger partial charge in [0, 0.05) is 22.3 Å². The second-order valence-corrected chi connectivity index (χ2v) is 8.16. The van der Waals surface area contributed by atoms with Gasteiger partial charge in [0.25, 0.3) is 0 Å². The number of para-hydroxylation sites is 1. The summed E-state index contributed by atoms with van der Waals surface area (Å²) in [5, 5.41) is 14.7. The molecule has 31 heavy (non-hydrogen) atoms. The molecule has 0 aliphatic heterocycles. The first kappa shape index (κ1) is 23.1. The summed E-state index contributed by atoms with van der Waals surface area (Å²) in [6, 6.07) is 10.7. The molecule has 1 heterocycles. The highest BCUT2D eigenvalue weighted by molar-refractivity contribution is 7.99. The van der Waals surface area contributed by atoms with Gasteiger partial charge in [-0.25, -0.2) is 4.39 Å². The van der Waals surface area contributed by atoms with Crippen LogP contribution in [0.3, 0.4) is 0 Å². The third-order valence-electron chi connectivity index (χ3n) is 4.05. The minimum atomic E-state index is -0.518. The molecule has 0 atom stereocenters. The molecule has 0 radical (unpaired) electrons.